The fourth-order valence-electron chi connectivity index (χ4n) is 4.13. The summed E-state index contributed by atoms with van der Waals surface area (Å²) < 4.78 is 0. The van der Waals surface area contributed by atoms with Gasteiger partial charge in [-0.25, -0.2) is 0 Å². The average molecular weight is 281 g/mol. The molecule has 2 aliphatic rings. The van der Waals surface area contributed by atoms with Gasteiger partial charge in [0.25, 0.3) is 0 Å². The third kappa shape index (κ3) is 4.19. The van der Waals surface area contributed by atoms with Crippen LogP contribution in [0.4, 0.5) is 0 Å². The minimum Gasteiger partial charge on any atom is -0.343 e. The monoisotopic (exact) mass is 281 g/mol. The van der Waals surface area contributed by atoms with Crippen molar-refractivity contribution >= 4 is 5.91 Å². The summed E-state index contributed by atoms with van der Waals surface area (Å²) in [6.07, 6.45) is 4.52. The van der Waals surface area contributed by atoms with Crippen LogP contribution in [-0.4, -0.2) is 47.1 Å². The lowest BCUT2D eigenvalue weighted by Gasteiger charge is -2.48. The summed E-state index contributed by atoms with van der Waals surface area (Å²) in [4.78, 5) is 13.3. The molecule has 0 saturated carbocycles. The van der Waals surface area contributed by atoms with Crippen LogP contribution >= 0.6 is 0 Å². The second kappa shape index (κ2) is 5.64. The van der Waals surface area contributed by atoms with Crippen LogP contribution < -0.4 is 10.6 Å². The van der Waals surface area contributed by atoms with E-state index in [-0.39, 0.29) is 17.0 Å². The van der Waals surface area contributed by atoms with E-state index in [2.05, 4.69) is 38.3 Å². The van der Waals surface area contributed by atoms with Gasteiger partial charge < -0.3 is 15.5 Å². The van der Waals surface area contributed by atoms with E-state index in [0.717, 1.165) is 25.9 Å². The minimum atomic E-state index is 0.194. The van der Waals surface area contributed by atoms with Crippen molar-refractivity contribution in [2.75, 3.05) is 13.1 Å². The second-order valence-corrected chi connectivity index (χ2v) is 7.94. The summed E-state index contributed by atoms with van der Waals surface area (Å²) in [6.45, 7) is 12.7. The number of carbonyl (C=O) groups is 1. The zero-order valence-corrected chi connectivity index (χ0v) is 13.8. The van der Waals surface area contributed by atoms with Crippen LogP contribution in [0.5, 0.6) is 0 Å². The molecule has 0 aliphatic carbocycles. The molecule has 0 bridgehead atoms. The molecule has 0 aromatic carbocycles. The lowest BCUT2D eigenvalue weighted by molar-refractivity contribution is -0.129. The Morgan fingerprint density at radius 3 is 2.00 bits per heavy atom. The number of carbonyl (C=O) groups excluding carboxylic acids is 1. The zero-order chi connectivity index (χ0) is 15.0. The first kappa shape index (κ1) is 15.8. The smallest absolute Gasteiger partial charge is 0.219 e. The maximum Gasteiger partial charge on any atom is 0.219 e. The Labute approximate surface area is 123 Å². The van der Waals surface area contributed by atoms with E-state index in [9.17, 15) is 4.79 Å². The summed E-state index contributed by atoms with van der Waals surface area (Å²) in [7, 11) is 0. The Morgan fingerprint density at radius 1 is 1.05 bits per heavy atom. The van der Waals surface area contributed by atoms with Gasteiger partial charge in [-0.2, -0.15) is 0 Å². The van der Waals surface area contributed by atoms with Crippen molar-refractivity contribution in [3.05, 3.63) is 0 Å². The number of nitrogens with zero attached hydrogens (tertiary/aromatic N) is 1. The van der Waals surface area contributed by atoms with E-state index in [1.165, 1.54) is 12.8 Å². The van der Waals surface area contributed by atoms with E-state index in [1.807, 2.05) is 4.90 Å². The van der Waals surface area contributed by atoms with Crippen molar-refractivity contribution in [1.29, 1.82) is 0 Å². The highest BCUT2D eigenvalue weighted by Gasteiger charge is 2.38. The number of rotatable bonds is 2. The zero-order valence-electron chi connectivity index (χ0n) is 13.8. The molecule has 4 nitrogen and oxygen atoms in total. The highest BCUT2D eigenvalue weighted by atomic mass is 16.2. The van der Waals surface area contributed by atoms with Crippen LogP contribution in [0.25, 0.3) is 0 Å². The number of piperidine rings is 2. The number of likely N-dealkylation sites (tertiary alicyclic amines) is 1. The summed E-state index contributed by atoms with van der Waals surface area (Å²) in [5.74, 6) is 0.215. The standard InChI is InChI=1S/C16H31N3O/c1-12(20)19-8-6-13(7-9-19)17-14-10-15(2,3)18-16(4,5)11-14/h13-14,17-18H,6-11H2,1-5H3. The highest BCUT2D eigenvalue weighted by molar-refractivity contribution is 5.73. The van der Waals surface area contributed by atoms with Crippen LogP contribution in [0.1, 0.15) is 60.3 Å². The molecular formula is C16H31N3O. The van der Waals surface area contributed by atoms with Crippen LogP contribution in [0.15, 0.2) is 0 Å². The van der Waals surface area contributed by atoms with Crippen molar-refractivity contribution in [3.63, 3.8) is 0 Å². The molecule has 0 unspecified atom stereocenters. The Hall–Kier alpha value is -0.610. The molecule has 116 valence electrons. The molecule has 0 aromatic heterocycles. The van der Waals surface area contributed by atoms with Crippen LogP contribution in [-0.2, 0) is 4.79 Å². The molecule has 2 aliphatic heterocycles. The first-order valence-corrected chi connectivity index (χ1v) is 7.98. The van der Waals surface area contributed by atoms with E-state index in [0.29, 0.717) is 12.1 Å². The molecule has 2 N–H and O–H groups in total. The van der Waals surface area contributed by atoms with E-state index in [4.69, 9.17) is 0 Å². The van der Waals surface area contributed by atoms with Gasteiger partial charge >= 0.3 is 0 Å². The normalized spacial score (nSPS) is 27.6. The third-order valence-electron chi connectivity index (χ3n) is 4.60. The summed E-state index contributed by atoms with van der Waals surface area (Å²) >= 11 is 0. The summed E-state index contributed by atoms with van der Waals surface area (Å²) in [5, 5.41) is 7.58. The highest BCUT2D eigenvalue weighted by Crippen LogP contribution is 2.29. The van der Waals surface area contributed by atoms with Gasteiger partial charge in [-0.3, -0.25) is 4.79 Å². The van der Waals surface area contributed by atoms with Crippen LogP contribution in [0.3, 0.4) is 0 Å². The molecule has 2 saturated heterocycles. The number of hydrogen-bond donors (Lipinski definition) is 2. The maximum absolute atomic E-state index is 11.4. The van der Waals surface area contributed by atoms with Crippen molar-refractivity contribution in [1.82, 2.24) is 15.5 Å². The largest absolute Gasteiger partial charge is 0.343 e. The number of nitrogens with one attached hydrogen (secondary N) is 2. The minimum absolute atomic E-state index is 0.194. The van der Waals surface area contributed by atoms with E-state index < -0.39 is 0 Å². The van der Waals surface area contributed by atoms with Crippen molar-refractivity contribution < 1.29 is 4.79 Å². The van der Waals surface area contributed by atoms with Crippen molar-refractivity contribution in [3.8, 4) is 0 Å². The fourth-order valence-corrected chi connectivity index (χ4v) is 4.13. The van der Waals surface area contributed by atoms with Gasteiger partial charge in [-0.1, -0.05) is 0 Å². The molecule has 1 amide bonds. The topological polar surface area (TPSA) is 44.4 Å². The molecule has 0 radical (unpaired) electrons. The van der Waals surface area contributed by atoms with Gasteiger partial charge in [0.15, 0.2) is 0 Å². The molecule has 2 fully saturated rings. The van der Waals surface area contributed by atoms with Crippen molar-refractivity contribution in [2.45, 2.75) is 83.5 Å². The predicted molar refractivity (Wildman–Crippen MR) is 82.7 cm³/mol. The number of hydrogen-bond acceptors (Lipinski definition) is 3. The van der Waals surface area contributed by atoms with Gasteiger partial charge in [0, 0.05) is 43.2 Å². The summed E-state index contributed by atoms with van der Waals surface area (Å²) in [6, 6.07) is 1.15. The quantitative estimate of drug-likeness (QED) is 0.812. The van der Waals surface area contributed by atoms with E-state index in [1.54, 1.807) is 6.92 Å². The van der Waals surface area contributed by atoms with Gasteiger partial charge in [0.05, 0.1) is 0 Å². The Balaban J connectivity index is 1.86. The van der Waals surface area contributed by atoms with Gasteiger partial charge in [-0.15, -0.1) is 0 Å². The lowest BCUT2D eigenvalue weighted by Crippen LogP contribution is -2.63. The van der Waals surface area contributed by atoms with Gasteiger partial charge in [0.1, 0.15) is 0 Å². The molecule has 4 heteroatoms. The Morgan fingerprint density at radius 2 is 1.55 bits per heavy atom. The third-order valence-corrected chi connectivity index (χ3v) is 4.60. The van der Waals surface area contributed by atoms with Gasteiger partial charge in [-0.05, 0) is 53.4 Å². The molecule has 20 heavy (non-hydrogen) atoms. The number of amides is 1. The molecule has 2 rings (SSSR count). The predicted octanol–water partition coefficient (Wildman–Crippen LogP) is 1.90. The molecule has 0 atom stereocenters. The fraction of sp³-hybridized carbons (Fsp3) is 0.938. The lowest BCUT2D eigenvalue weighted by atomic mass is 9.79. The Kier molecular flexibility index (Phi) is 4.45. The first-order valence-electron chi connectivity index (χ1n) is 7.98. The van der Waals surface area contributed by atoms with E-state index >= 15 is 0 Å². The second-order valence-electron chi connectivity index (χ2n) is 7.94. The molecule has 0 spiro atoms. The first-order chi connectivity index (χ1) is 9.17. The SMILES string of the molecule is CC(=O)N1CCC(NC2CC(C)(C)NC(C)(C)C2)CC1. The van der Waals surface area contributed by atoms with Crippen LogP contribution in [0, 0.1) is 0 Å². The van der Waals surface area contributed by atoms with Crippen molar-refractivity contribution in [2.24, 2.45) is 0 Å². The molecule has 2 heterocycles. The summed E-state index contributed by atoms with van der Waals surface area (Å²) in [5.41, 5.74) is 0.388. The maximum atomic E-state index is 11.4. The van der Waals surface area contributed by atoms with Gasteiger partial charge in [0.2, 0.25) is 5.91 Å². The average Bonchev–Trinajstić information content (AvgIpc) is 2.25. The molecular weight excluding hydrogens is 250 g/mol. The van der Waals surface area contributed by atoms with Crippen LogP contribution in [0.2, 0.25) is 0 Å². The Bertz CT molecular complexity index is 341. The molecule has 0 aromatic rings.